The third-order valence-electron chi connectivity index (χ3n) is 17.1. The minimum Gasteiger partial charge on any atom is -0.310 e. The lowest BCUT2D eigenvalue weighted by Crippen LogP contribution is -2.26. The molecule has 0 bridgehead atoms. The molecule has 0 N–H and O–H groups in total. The molecule has 0 unspecified atom stereocenters. The molecule has 2 heteroatoms. The average molecular weight is 995 g/mol. The summed E-state index contributed by atoms with van der Waals surface area (Å²) in [7, 11) is 0. The standard InChI is InChI=1S/C76H54N2/c1-75(2)69-27-15-12-24-63(69)66-45-42-60(48-72(66)75)78(59-40-34-56(35-41-59)53-22-10-5-11-23-53)62-44-47-68-67-46-43-61(49-73(67)76(74(68)50-62)70-28-16-13-25-64(70)65-26-14-17-29-71(65)76)77(57-36-30-54(31-37-57)51-18-6-3-7-19-51)58-38-32-55(33-39-58)52-20-8-4-9-21-52/h3-50H,1-2H3. The van der Waals surface area contributed by atoms with Crippen molar-refractivity contribution in [2.75, 3.05) is 9.80 Å². The van der Waals surface area contributed by atoms with Gasteiger partial charge in [-0.1, -0.05) is 232 Å². The van der Waals surface area contributed by atoms with Crippen LogP contribution >= 0.6 is 0 Å². The first kappa shape index (κ1) is 45.6. The molecule has 1 spiro atoms. The monoisotopic (exact) mass is 994 g/mol. The molecular weight excluding hydrogens is 941 g/mol. The van der Waals surface area contributed by atoms with E-state index in [0.717, 1.165) is 34.1 Å². The van der Waals surface area contributed by atoms with Gasteiger partial charge >= 0.3 is 0 Å². The molecule has 12 aromatic rings. The molecule has 368 valence electrons. The van der Waals surface area contributed by atoms with E-state index in [1.807, 2.05) is 0 Å². The topological polar surface area (TPSA) is 6.48 Å². The zero-order valence-corrected chi connectivity index (χ0v) is 43.6. The van der Waals surface area contributed by atoms with Crippen LogP contribution in [0.1, 0.15) is 47.2 Å². The first-order chi connectivity index (χ1) is 38.4. The lowest BCUT2D eigenvalue weighted by molar-refractivity contribution is 0.660. The summed E-state index contributed by atoms with van der Waals surface area (Å²) in [5.74, 6) is 0. The van der Waals surface area contributed by atoms with Gasteiger partial charge in [0.2, 0.25) is 0 Å². The third-order valence-corrected chi connectivity index (χ3v) is 17.1. The van der Waals surface area contributed by atoms with Crippen LogP contribution in [0, 0.1) is 0 Å². The minimum atomic E-state index is -0.617. The second kappa shape index (κ2) is 17.9. The number of hydrogen-bond acceptors (Lipinski definition) is 2. The Labute approximate surface area is 457 Å². The van der Waals surface area contributed by atoms with Gasteiger partial charge in [-0.3, -0.25) is 0 Å². The number of rotatable bonds is 9. The van der Waals surface area contributed by atoms with Crippen LogP contribution in [-0.4, -0.2) is 0 Å². The van der Waals surface area contributed by atoms with Crippen LogP contribution < -0.4 is 9.80 Å². The molecule has 0 fully saturated rings. The van der Waals surface area contributed by atoms with Crippen LogP contribution in [0.15, 0.2) is 291 Å². The normalized spacial score (nSPS) is 13.5. The van der Waals surface area contributed by atoms with E-state index in [-0.39, 0.29) is 5.41 Å². The summed E-state index contributed by atoms with van der Waals surface area (Å²) in [5.41, 5.74) is 28.6. The van der Waals surface area contributed by atoms with Crippen molar-refractivity contribution in [3.05, 3.63) is 325 Å². The van der Waals surface area contributed by atoms with E-state index in [9.17, 15) is 0 Å². The van der Waals surface area contributed by atoms with Crippen LogP contribution in [-0.2, 0) is 10.8 Å². The summed E-state index contributed by atoms with van der Waals surface area (Å²) in [4.78, 5) is 4.93. The highest BCUT2D eigenvalue weighted by molar-refractivity contribution is 5.98. The van der Waals surface area contributed by atoms with Gasteiger partial charge in [0.1, 0.15) is 0 Å². The molecule has 0 atom stereocenters. The molecule has 0 heterocycles. The van der Waals surface area contributed by atoms with Crippen molar-refractivity contribution in [2.24, 2.45) is 0 Å². The summed E-state index contributed by atoms with van der Waals surface area (Å²) in [6.45, 7) is 4.75. The maximum absolute atomic E-state index is 2.52. The largest absolute Gasteiger partial charge is 0.310 e. The Morgan fingerprint density at radius 2 is 0.462 bits per heavy atom. The van der Waals surface area contributed by atoms with Gasteiger partial charge in [0.05, 0.1) is 5.41 Å². The lowest BCUT2D eigenvalue weighted by Gasteiger charge is -2.33. The smallest absolute Gasteiger partial charge is 0.0727 e. The molecule has 0 saturated carbocycles. The first-order valence-corrected chi connectivity index (χ1v) is 27.2. The van der Waals surface area contributed by atoms with E-state index in [2.05, 4.69) is 315 Å². The van der Waals surface area contributed by atoms with Gasteiger partial charge in [-0.05, 0) is 173 Å². The van der Waals surface area contributed by atoms with Crippen molar-refractivity contribution in [1.29, 1.82) is 0 Å². The van der Waals surface area contributed by atoms with E-state index in [0.29, 0.717) is 0 Å². The molecule has 3 aliphatic rings. The highest BCUT2D eigenvalue weighted by Crippen LogP contribution is 2.64. The summed E-state index contributed by atoms with van der Waals surface area (Å²) in [6, 6.07) is 108. The predicted molar refractivity (Wildman–Crippen MR) is 326 cm³/mol. The molecule has 0 radical (unpaired) electrons. The van der Waals surface area contributed by atoms with E-state index in [1.165, 1.54) is 100 Å². The Morgan fingerprint density at radius 1 is 0.205 bits per heavy atom. The first-order valence-electron chi connectivity index (χ1n) is 27.2. The van der Waals surface area contributed by atoms with E-state index < -0.39 is 5.41 Å². The highest BCUT2D eigenvalue weighted by atomic mass is 15.1. The molecular formula is C76H54N2. The Bertz CT molecular complexity index is 4120. The van der Waals surface area contributed by atoms with Gasteiger partial charge in [-0.15, -0.1) is 0 Å². The van der Waals surface area contributed by atoms with Gasteiger partial charge in [0.15, 0.2) is 0 Å². The number of hydrogen-bond donors (Lipinski definition) is 0. The van der Waals surface area contributed by atoms with Crippen molar-refractivity contribution >= 4 is 34.1 Å². The third kappa shape index (κ3) is 7.03. The number of nitrogens with zero attached hydrogens (tertiary/aromatic N) is 2. The van der Waals surface area contributed by atoms with Crippen LogP contribution in [0.4, 0.5) is 34.1 Å². The number of benzene rings is 12. The second-order valence-electron chi connectivity index (χ2n) is 21.6. The average Bonchev–Trinajstić information content (AvgIpc) is 3.66. The molecule has 0 saturated heterocycles. The highest BCUT2D eigenvalue weighted by Gasteiger charge is 2.52. The van der Waals surface area contributed by atoms with Crippen LogP contribution in [0.2, 0.25) is 0 Å². The number of anilines is 6. The van der Waals surface area contributed by atoms with Crippen LogP contribution in [0.3, 0.4) is 0 Å². The van der Waals surface area contributed by atoms with Crippen LogP contribution in [0.25, 0.3) is 66.8 Å². The molecule has 0 aliphatic heterocycles. The summed E-state index contributed by atoms with van der Waals surface area (Å²) < 4.78 is 0. The minimum absolute atomic E-state index is 0.162. The summed E-state index contributed by atoms with van der Waals surface area (Å²) in [6.07, 6.45) is 0. The molecule has 2 nitrogen and oxygen atoms in total. The van der Waals surface area contributed by atoms with Crippen LogP contribution in [0.5, 0.6) is 0 Å². The molecule has 3 aliphatic carbocycles. The Hall–Kier alpha value is -9.76. The van der Waals surface area contributed by atoms with Gasteiger partial charge in [-0.2, -0.15) is 0 Å². The zero-order chi connectivity index (χ0) is 52.0. The SMILES string of the molecule is CC1(C)c2ccccc2-c2ccc(N(c3ccc(-c4ccccc4)cc3)c3ccc4c(c3)C3(c5ccccc5-c5ccccc53)c3cc(N(c5ccc(-c6ccccc6)cc5)c5ccc(-c6ccccc6)cc5)ccc3-4)cc21. The van der Waals surface area contributed by atoms with Gasteiger partial charge in [0.25, 0.3) is 0 Å². The Morgan fingerprint density at radius 3 is 0.846 bits per heavy atom. The van der Waals surface area contributed by atoms with E-state index in [4.69, 9.17) is 0 Å². The maximum atomic E-state index is 2.52. The molecule has 15 rings (SSSR count). The fraction of sp³-hybridized carbons (Fsp3) is 0.0526. The van der Waals surface area contributed by atoms with Crippen molar-refractivity contribution in [3.8, 4) is 66.8 Å². The second-order valence-corrected chi connectivity index (χ2v) is 21.6. The zero-order valence-electron chi connectivity index (χ0n) is 43.6. The molecule has 0 amide bonds. The molecule has 12 aromatic carbocycles. The fourth-order valence-corrected chi connectivity index (χ4v) is 13.4. The summed E-state index contributed by atoms with van der Waals surface area (Å²) in [5, 5.41) is 0. The molecule has 0 aromatic heterocycles. The Kier molecular flexibility index (Phi) is 10.5. The molecule has 78 heavy (non-hydrogen) atoms. The van der Waals surface area contributed by atoms with Gasteiger partial charge in [-0.25, -0.2) is 0 Å². The van der Waals surface area contributed by atoms with Gasteiger partial charge < -0.3 is 9.80 Å². The van der Waals surface area contributed by atoms with E-state index in [1.54, 1.807) is 0 Å². The van der Waals surface area contributed by atoms with Gasteiger partial charge in [0, 0.05) is 39.5 Å². The van der Waals surface area contributed by atoms with E-state index >= 15 is 0 Å². The van der Waals surface area contributed by atoms with Crippen molar-refractivity contribution in [3.63, 3.8) is 0 Å². The fourth-order valence-electron chi connectivity index (χ4n) is 13.4. The summed E-state index contributed by atoms with van der Waals surface area (Å²) >= 11 is 0. The predicted octanol–water partition coefficient (Wildman–Crippen LogP) is 20.3. The van der Waals surface area contributed by atoms with Crippen molar-refractivity contribution in [2.45, 2.75) is 24.7 Å². The lowest BCUT2D eigenvalue weighted by atomic mass is 9.70. The quantitative estimate of drug-likeness (QED) is 0.142. The Balaban J connectivity index is 0.931. The van der Waals surface area contributed by atoms with Crippen molar-refractivity contribution in [1.82, 2.24) is 0 Å². The van der Waals surface area contributed by atoms with Crippen molar-refractivity contribution < 1.29 is 0 Å². The maximum Gasteiger partial charge on any atom is 0.0727 e. The number of fused-ring (bicyclic) bond motifs is 13.